The third-order valence-electron chi connectivity index (χ3n) is 6.38. The minimum atomic E-state index is -0.455. The molecule has 0 N–H and O–H groups in total. The summed E-state index contributed by atoms with van der Waals surface area (Å²) in [7, 11) is -0.455. The van der Waals surface area contributed by atoms with Crippen LogP contribution in [0.2, 0.25) is 0 Å². The highest BCUT2D eigenvalue weighted by Gasteiger charge is 2.51. The van der Waals surface area contributed by atoms with Gasteiger partial charge in [-0.25, -0.2) is 0 Å². The van der Waals surface area contributed by atoms with Crippen LogP contribution in [0.4, 0.5) is 0 Å². The van der Waals surface area contributed by atoms with Gasteiger partial charge in [0, 0.05) is 16.8 Å². The molecule has 5 nitrogen and oxygen atoms in total. The maximum absolute atomic E-state index is 6.19. The van der Waals surface area contributed by atoms with Crippen molar-refractivity contribution in [1.82, 2.24) is 0 Å². The second-order valence-corrected chi connectivity index (χ2v) is 8.89. The lowest BCUT2D eigenvalue weighted by atomic mass is 9.79. The van der Waals surface area contributed by atoms with Crippen LogP contribution in [0.1, 0.15) is 27.7 Å². The lowest BCUT2D eigenvalue weighted by Gasteiger charge is -2.32. The van der Waals surface area contributed by atoms with Crippen LogP contribution in [-0.4, -0.2) is 18.3 Å². The predicted molar refractivity (Wildman–Crippen MR) is 116 cm³/mol. The van der Waals surface area contributed by atoms with E-state index in [4.69, 9.17) is 23.2 Å². The lowest BCUT2D eigenvalue weighted by Crippen LogP contribution is -2.41. The molecular formula is C24H21BO5. The zero-order valence-corrected chi connectivity index (χ0v) is 17.3. The molecule has 0 radical (unpaired) electrons. The van der Waals surface area contributed by atoms with E-state index in [2.05, 4.69) is 0 Å². The highest BCUT2D eigenvalue weighted by atomic mass is 16.7. The van der Waals surface area contributed by atoms with E-state index in [1.54, 1.807) is 0 Å². The van der Waals surface area contributed by atoms with E-state index in [9.17, 15) is 0 Å². The van der Waals surface area contributed by atoms with Crippen LogP contribution in [0.25, 0.3) is 21.9 Å². The topological polar surface area (TPSA) is 50.1 Å². The Labute approximate surface area is 174 Å². The minimum absolute atomic E-state index is 0.398. The van der Waals surface area contributed by atoms with Crippen molar-refractivity contribution < 1.29 is 23.2 Å². The number of rotatable bonds is 1. The molecule has 1 fully saturated rings. The molecular weight excluding hydrogens is 379 g/mol. The average Bonchev–Trinajstić information content (AvgIpc) is 3.16. The zero-order valence-electron chi connectivity index (χ0n) is 17.3. The second-order valence-electron chi connectivity index (χ2n) is 8.89. The summed E-state index contributed by atoms with van der Waals surface area (Å²) in [6, 6.07) is 17.6. The van der Waals surface area contributed by atoms with E-state index in [1.807, 2.05) is 82.3 Å². The van der Waals surface area contributed by atoms with Crippen molar-refractivity contribution in [2.45, 2.75) is 38.9 Å². The van der Waals surface area contributed by atoms with Gasteiger partial charge in [-0.1, -0.05) is 24.3 Å². The number of fused-ring (bicyclic) bond motifs is 5. The molecule has 0 atom stereocenters. The minimum Gasteiger partial charge on any atom is -0.456 e. The van der Waals surface area contributed by atoms with Gasteiger partial charge < -0.3 is 23.2 Å². The Morgan fingerprint density at radius 3 is 2.10 bits per heavy atom. The van der Waals surface area contributed by atoms with Gasteiger partial charge in [-0.2, -0.15) is 0 Å². The molecule has 6 rings (SSSR count). The number of hydrogen-bond acceptors (Lipinski definition) is 5. The first-order chi connectivity index (χ1) is 14.3. The summed E-state index contributed by atoms with van der Waals surface area (Å²) in [5.74, 6) is 2.59. The maximum Gasteiger partial charge on any atom is 0.494 e. The molecule has 2 aliphatic rings. The summed E-state index contributed by atoms with van der Waals surface area (Å²) in [4.78, 5) is 0. The van der Waals surface area contributed by atoms with Gasteiger partial charge in [0.25, 0.3) is 0 Å². The molecule has 0 spiro atoms. The quantitative estimate of drug-likeness (QED) is 0.334. The molecule has 6 heteroatoms. The van der Waals surface area contributed by atoms with Crippen LogP contribution in [0.3, 0.4) is 0 Å². The van der Waals surface area contributed by atoms with Crippen molar-refractivity contribution in [3.63, 3.8) is 0 Å². The third-order valence-corrected chi connectivity index (χ3v) is 6.38. The first kappa shape index (κ1) is 17.9. The molecule has 1 aromatic heterocycles. The molecule has 150 valence electrons. The van der Waals surface area contributed by atoms with Crippen LogP contribution in [0.5, 0.6) is 23.0 Å². The summed E-state index contributed by atoms with van der Waals surface area (Å²) >= 11 is 0. The molecule has 2 aliphatic heterocycles. The number of ether oxygens (including phenoxy) is 2. The predicted octanol–water partition coefficient (Wildman–Crippen LogP) is 5.78. The van der Waals surface area contributed by atoms with Gasteiger partial charge in [-0.05, 0) is 57.4 Å². The summed E-state index contributed by atoms with van der Waals surface area (Å²) < 4.78 is 30.7. The van der Waals surface area contributed by atoms with Gasteiger partial charge in [0.05, 0.1) is 11.2 Å². The van der Waals surface area contributed by atoms with Crippen molar-refractivity contribution in [3.8, 4) is 23.0 Å². The fourth-order valence-corrected chi connectivity index (χ4v) is 3.94. The summed E-state index contributed by atoms with van der Waals surface area (Å²) in [5, 5.41) is 2.06. The van der Waals surface area contributed by atoms with Crippen LogP contribution in [-0.2, 0) is 9.31 Å². The molecule has 1 saturated heterocycles. The second kappa shape index (κ2) is 5.81. The molecule has 3 aromatic carbocycles. The molecule has 30 heavy (non-hydrogen) atoms. The highest BCUT2D eigenvalue weighted by Crippen LogP contribution is 2.48. The van der Waals surface area contributed by atoms with Crippen LogP contribution in [0.15, 0.2) is 59.0 Å². The van der Waals surface area contributed by atoms with E-state index in [-0.39, 0.29) is 0 Å². The van der Waals surface area contributed by atoms with Crippen molar-refractivity contribution >= 4 is 34.5 Å². The smallest absolute Gasteiger partial charge is 0.456 e. The van der Waals surface area contributed by atoms with Gasteiger partial charge in [0.1, 0.15) is 11.2 Å². The summed E-state index contributed by atoms with van der Waals surface area (Å²) in [6.07, 6.45) is 0. The molecule has 0 amide bonds. The van der Waals surface area contributed by atoms with Gasteiger partial charge >= 0.3 is 7.12 Å². The number of hydrogen-bond donors (Lipinski definition) is 0. The fraction of sp³-hybridized carbons (Fsp3) is 0.250. The Bertz CT molecular complexity index is 1300. The highest BCUT2D eigenvalue weighted by molar-refractivity contribution is 6.62. The van der Waals surface area contributed by atoms with Crippen LogP contribution < -0.4 is 14.9 Å². The van der Waals surface area contributed by atoms with E-state index < -0.39 is 18.3 Å². The first-order valence-electron chi connectivity index (χ1n) is 10.1. The molecule has 4 aromatic rings. The van der Waals surface area contributed by atoms with E-state index in [0.717, 1.165) is 27.4 Å². The monoisotopic (exact) mass is 400 g/mol. The molecule has 0 saturated carbocycles. The normalized spacial score (nSPS) is 18.7. The molecule has 3 heterocycles. The van der Waals surface area contributed by atoms with E-state index in [1.165, 1.54) is 0 Å². The molecule has 0 aliphatic carbocycles. The third kappa shape index (κ3) is 2.50. The molecule has 0 unspecified atom stereocenters. The Hall–Kier alpha value is -2.96. The Morgan fingerprint density at radius 1 is 0.633 bits per heavy atom. The van der Waals surface area contributed by atoms with Crippen molar-refractivity contribution in [2.24, 2.45) is 0 Å². The Morgan fingerprint density at radius 2 is 1.30 bits per heavy atom. The first-order valence-corrected chi connectivity index (χ1v) is 10.1. The Balaban J connectivity index is 1.38. The lowest BCUT2D eigenvalue weighted by molar-refractivity contribution is 0.00578. The van der Waals surface area contributed by atoms with Crippen LogP contribution in [0, 0.1) is 0 Å². The van der Waals surface area contributed by atoms with Crippen molar-refractivity contribution in [3.05, 3.63) is 54.6 Å². The van der Waals surface area contributed by atoms with Crippen LogP contribution >= 0.6 is 0 Å². The summed E-state index contributed by atoms with van der Waals surface area (Å²) in [5.41, 5.74) is 1.71. The molecule has 0 bridgehead atoms. The standard InChI is InChI=1S/C24H21BO5/c1-23(2)24(3,4)30-25(29-23)14-9-10-18-20(11-14)28-22-13-19-16(12-21(22)27-18)15-7-5-6-8-17(15)26-19/h5-13H,1-4H3. The zero-order chi connectivity index (χ0) is 20.7. The van der Waals surface area contributed by atoms with Gasteiger partial charge in [-0.3, -0.25) is 0 Å². The number of para-hydroxylation sites is 1. The van der Waals surface area contributed by atoms with E-state index >= 15 is 0 Å². The van der Waals surface area contributed by atoms with Gasteiger partial charge in [0.2, 0.25) is 0 Å². The van der Waals surface area contributed by atoms with Crippen molar-refractivity contribution in [2.75, 3.05) is 0 Å². The SMILES string of the molecule is CC1(C)OB(c2ccc3c(c2)Oc2cc4oc5ccccc5c4cc2O3)OC1(C)C. The van der Waals surface area contributed by atoms with Gasteiger partial charge in [-0.15, -0.1) is 0 Å². The van der Waals surface area contributed by atoms with Crippen molar-refractivity contribution in [1.29, 1.82) is 0 Å². The largest absolute Gasteiger partial charge is 0.494 e. The fourth-order valence-electron chi connectivity index (χ4n) is 3.94. The number of benzene rings is 3. The maximum atomic E-state index is 6.19. The summed E-state index contributed by atoms with van der Waals surface area (Å²) in [6.45, 7) is 8.17. The van der Waals surface area contributed by atoms with Gasteiger partial charge in [0.15, 0.2) is 23.0 Å². The van der Waals surface area contributed by atoms with E-state index in [0.29, 0.717) is 23.0 Å². The Kier molecular flexibility index (Phi) is 3.46. The number of furan rings is 1. The average molecular weight is 400 g/mol.